The molecule has 0 aromatic heterocycles. The minimum atomic E-state index is -5.08. The van der Waals surface area contributed by atoms with Crippen molar-refractivity contribution >= 4 is 11.1 Å². The summed E-state index contributed by atoms with van der Waals surface area (Å²) in [7, 11) is 0. The number of halogens is 3. The summed E-state index contributed by atoms with van der Waals surface area (Å²) in [4.78, 5) is 0. The van der Waals surface area contributed by atoms with E-state index in [0.29, 0.717) is 0 Å². The molecule has 0 saturated heterocycles. The Morgan fingerprint density at radius 1 is 0.759 bits per heavy atom. The summed E-state index contributed by atoms with van der Waals surface area (Å²) >= 11 is -3.81. The topological polar surface area (TPSA) is 57.2 Å². The van der Waals surface area contributed by atoms with Crippen LogP contribution in [0.15, 0.2) is 0 Å². The fourth-order valence-corrected chi connectivity index (χ4v) is 2.92. The van der Waals surface area contributed by atoms with Crippen molar-refractivity contribution in [3.63, 3.8) is 0 Å². The van der Waals surface area contributed by atoms with E-state index in [-0.39, 0.29) is 18.3 Å². The van der Waals surface area contributed by atoms with Gasteiger partial charge in [0.1, 0.15) is 0 Å². The van der Waals surface area contributed by atoms with Gasteiger partial charge in [0.2, 0.25) is 0 Å². The Kier molecular flexibility index (Phi) is 30.9. The fourth-order valence-electron chi connectivity index (χ4n) is 2.92. The van der Waals surface area contributed by atoms with Gasteiger partial charge in [-0.3, -0.25) is 4.21 Å². The third-order valence-electron chi connectivity index (χ3n) is 4.62. The molecule has 8 heteroatoms. The van der Waals surface area contributed by atoms with Crippen molar-refractivity contribution in [2.45, 2.75) is 122 Å². The number of hydrogen-bond donors (Lipinski definition) is 0. The SMILES string of the molecule is O=S([O-])C(F)(F)F.[CH2-]C(CCCCCCCC)CCCCCCCCCC.[O]=[Zn]. The monoisotopic (exact) mass is 494 g/mol. The Bertz CT molecular complexity index is 346. The molecular formula is C21H41F3O3SZn-2. The molecule has 2 atom stereocenters. The van der Waals surface area contributed by atoms with Crippen molar-refractivity contribution in [2.75, 3.05) is 0 Å². The minimum absolute atomic E-state index is 0.125. The van der Waals surface area contributed by atoms with Crippen LogP contribution in [-0.2, 0) is 32.9 Å². The van der Waals surface area contributed by atoms with E-state index in [1.54, 1.807) is 0 Å². The van der Waals surface area contributed by atoms with Crippen LogP contribution in [0.1, 0.15) is 117 Å². The molecule has 0 aliphatic heterocycles. The number of rotatable bonds is 16. The van der Waals surface area contributed by atoms with Crippen molar-refractivity contribution in [2.24, 2.45) is 5.92 Å². The Labute approximate surface area is 189 Å². The predicted molar refractivity (Wildman–Crippen MR) is 110 cm³/mol. The quantitative estimate of drug-likeness (QED) is 0.0943. The van der Waals surface area contributed by atoms with Crippen LogP contribution < -0.4 is 0 Å². The Morgan fingerprint density at radius 3 is 1.24 bits per heavy atom. The van der Waals surface area contributed by atoms with Crippen LogP contribution in [0.4, 0.5) is 13.2 Å². The van der Waals surface area contributed by atoms with Gasteiger partial charge in [-0.05, 0) is 0 Å². The van der Waals surface area contributed by atoms with Crippen molar-refractivity contribution < 1.29 is 43.8 Å². The summed E-state index contributed by atoms with van der Waals surface area (Å²) in [5, 5.41) is 0. The molecule has 0 amide bonds. The van der Waals surface area contributed by atoms with Crippen LogP contribution in [0.3, 0.4) is 0 Å². The van der Waals surface area contributed by atoms with E-state index in [1.165, 1.54) is 103 Å². The molecule has 0 N–H and O–H groups in total. The maximum absolute atomic E-state index is 10.6. The fraction of sp³-hybridized carbons (Fsp3) is 0.952. The molecule has 174 valence electrons. The summed E-state index contributed by atoms with van der Waals surface area (Å²) in [6.07, 6.45) is 22.7. The van der Waals surface area contributed by atoms with Gasteiger partial charge in [0.15, 0.2) is 0 Å². The van der Waals surface area contributed by atoms with Crippen LogP contribution in [0.25, 0.3) is 0 Å². The standard InChI is InChI=1S/C20H41.CHF3O2S.O.Zn/c1-4-6-8-10-12-13-15-17-19-20(3)18-16-14-11-9-7-5-2;2-1(3,4)7(5)6;;/h20H,3-19H2,1-2H3;(H,5,6);;/q-1;;;/p-1. The van der Waals surface area contributed by atoms with Crippen molar-refractivity contribution in [3.05, 3.63) is 6.92 Å². The van der Waals surface area contributed by atoms with Crippen molar-refractivity contribution in [3.8, 4) is 0 Å². The van der Waals surface area contributed by atoms with Gasteiger partial charge in [0.05, 0.1) is 11.1 Å². The average Bonchev–Trinajstić information content (AvgIpc) is 2.68. The molecule has 2 unspecified atom stereocenters. The molecule has 0 aliphatic rings. The van der Waals surface area contributed by atoms with Crippen molar-refractivity contribution in [1.82, 2.24) is 0 Å². The summed E-state index contributed by atoms with van der Waals surface area (Å²) in [6.45, 7) is 8.91. The molecule has 0 bridgehead atoms. The summed E-state index contributed by atoms with van der Waals surface area (Å²) in [5.74, 6) is 0.723. The van der Waals surface area contributed by atoms with E-state index in [2.05, 4.69) is 20.8 Å². The van der Waals surface area contributed by atoms with E-state index < -0.39 is 16.6 Å². The first-order chi connectivity index (χ1) is 13.8. The van der Waals surface area contributed by atoms with Gasteiger partial charge < -0.3 is 11.5 Å². The van der Waals surface area contributed by atoms with E-state index in [9.17, 15) is 13.2 Å². The van der Waals surface area contributed by atoms with Gasteiger partial charge in [-0.25, -0.2) is 0 Å². The zero-order valence-corrected chi connectivity index (χ0v) is 22.4. The van der Waals surface area contributed by atoms with Crippen LogP contribution in [0.5, 0.6) is 0 Å². The molecule has 0 aromatic carbocycles. The summed E-state index contributed by atoms with van der Waals surface area (Å²) in [5.41, 5.74) is -5.08. The first kappa shape index (κ1) is 33.9. The van der Waals surface area contributed by atoms with Gasteiger partial charge in [-0.2, -0.15) is 19.1 Å². The first-order valence-corrected chi connectivity index (χ1v) is 13.3. The summed E-state index contributed by atoms with van der Waals surface area (Å²) < 4.78 is 57.9. The van der Waals surface area contributed by atoms with Gasteiger partial charge in [-0.15, -0.1) is 0 Å². The van der Waals surface area contributed by atoms with Gasteiger partial charge in [-0.1, -0.05) is 117 Å². The number of alkyl halides is 3. The second-order valence-corrected chi connectivity index (χ2v) is 8.30. The molecule has 0 spiro atoms. The van der Waals surface area contributed by atoms with Gasteiger partial charge in [0.25, 0.3) is 0 Å². The molecule has 0 aromatic rings. The number of hydrogen-bond acceptors (Lipinski definition) is 3. The molecule has 3 nitrogen and oxygen atoms in total. The van der Waals surface area contributed by atoms with E-state index in [0.717, 1.165) is 5.92 Å². The number of unbranched alkanes of at least 4 members (excludes halogenated alkanes) is 12. The Morgan fingerprint density at radius 2 is 1.00 bits per heavy atom. The second-order valence-electron chi connectivity index (χ2n) is 7.37. The second kappa shape index (κ2) is 26.4. The normalized spacial score (nSPS) is 13.0. The van der Waals surface area contributed by atoms with E-state index >= 15 is 0 Å². The van der Waals surface area contributed by atoms with Crippen LogP contribution in [0, 0.1) is 12.8 Å². The Balaban J connectivity index is -0.000000629. The van der Waals surface area contributed by atoms with Crippen LogP contribution in [-0.4, -0.2) is 14.3 Å². The molecule has 0 fully saturated rings. The molecular weight excluding hydrogens is 455 g/mol. The first-order valence-electron chi connectivity index (χ1n) is 11.0. The molecule has 0 radical (unpaired) electrons. The van der Waals surface area contributed by atoms with Gasteiger partial charge >= 0.3 is 27.3 Å². The van der Waals surface area contributed by atoms with Crippen LogP contribution in [0.2, 0.25) is 0 Å². The third kappa shape index (κ3) is 33.2. The van der Waals surface area contributed by atoms with E-state index in [1.807, 2.05) is 0 Å². The van der Waals surface area contributed by atoms with Gasteiger partial charge in [0, 0.05) is 0 Å². The molecule has 29 heavy (non-hydrogen) atoms. The molecule has 0 heterocycles. The maximum atomic E-state index is 10.6. The average molecular weight is 496 g/mol. The van der Waals surface area contributed by atoms with Crippen molar-refractivity contribution in [1.29, 1.82) is 0 Å². The molecule has 0 rings (SSSR count). The van der Waals surface area contributed by atoms with Crippen LogP contribution >= 0.6 is 0 Å². The third-order valence-corrected chi connectivity index (χ3v) is 5.00. The molecule has 0 saturated carbocycles. The summed E-state index contributed by atoms with van der Waals surface area (Å²) in [6, 6.07) is 0. The predicted octanol–water partition coefficient (Wildman–Crippen LogP) is 7.98. The molecule has 0 aliphatic carbocycles. The Hall–Kier alpha value is 0.323. The van der Waals surface area contributed by atoms with E-state index in [4.69, 9.17) is 12.3 Å². The zero-order valence-electron chi connectivity index (χ0n) is 18.6. The zero-order chi connectivity index (χ0) is 23.0.